The van der Waals surface area contributed by atoms with E-state index < -0.39 is 0 Å². The Morgan fingerprint density at radius 3 is 3.36 bits per heavy atom. The number of rotatable bonds is 0. The number of pyridine rings is 1. The second kappa shape index (κ2) is 2.70. The minimum absolute atomic E-state index is 0.979. The van der Waals surface area contributed by atoms with Gasteiger partial charge < -0.3 is 5.32 Å². The molecular weight excluding hydrogens is 176 g/mol. The zero-order valence-corrected chi connectivity index (χ0v) is 8.12. The van der Waals surface area contributed by atoms with Crippen LogP contribution in [0.5, 0.6) is 0 Å². The predicted octanol–water partition coefficient (Wildman–Crippen LogP) is 1.33. The third-order valence-corrected chi connectivity index (χ3v) is 2.70. The fourth-order valence-corrected chi connectivity index (χ4v) is 2.06. The number of aryl methyl sites for hydroxylation is 2. The van der Waals surface area contributed by atoms with Crippen LogP contribution < -0.4 is 5.32 Å². The van der Waals surface area contributed by atoms with Crippen molar-refractivity contribution in [1.29, 1.82) is 0 Å². The van der Waals surface area contributed by atoms with Crippen LogP contribution in [0, 0.1) is 0 Å². The fraction of sp³-hybridized carbons (Fsp3) is 0.400. The van der Waals surface area contributed by atoms with E-state index in [-0.39, 0.29) is 0 Å². The third kappa shape index (κ3) is 0.937. The summed E-state index contributed by atoms with van der Waals surface area (Å²) in [5, 5.41) is 9.11. The van der Waals surface area contributed by atoms with E-state index in [4.69, 9.17) is 0 Å². The summed E-state index contributed by atoms with van der Waals surface area (Å²) >= 11 is 0. The quantitative estimate of drug-likeness (QED) is 0.678. The molecule has 4 heteroatoms. The van der Waals surface area contributed by atoms with Gasteiger partial charge in [0.1, 0.15) is 0 Å². The SMILES string of the molecule is Cn1nc2c3c(ccnc31)NCCC2. The van der Waals surface area contributed by atoms with Gasteiger partial charge in [0.25, 0.3) is 0 Å². The first-order chi connectivity index (χ1) is 6.86. The summed E-state index contributed by atoms with van der Waals surface area (Å²) < 4.78 is 1.86. The first-order valence-corrected chi connectivity index (χ1v) is 4.91. The van der Waals surface area contributed by atoms with E-state index in [0.717, 1.165) is 25.0 Å². The van der Waals surface area contributed by atoms with Gasteiger partial charge >= 0.3 is 0 Å². The standard InChI is InChI=1S/C10H12N4/c1-14-10-9-7(4-6-12-10)11-5-2-3-8(9)13-14/h4,6,11H,2-3,5H2,1H3. The molecule has 0 atom stereocenters. The van der Waals surface area contributed by atoms with Crippen molar-refractivity contribution >= 4 is 16.7 Å². The molecule has 72 valence electrons. The van der Waals surface area contributed by atoms with Gasteiger partial charge in [-0.1, -0.05) is 0 Å². The zero-order valence-electron chi connectivity index (χ0n) is 8.12. The second-order valence-corrected chi connectivity index (χ2v) is 3.66. The van der Waals surface area contributed by atoms with Crippen molar-refractivity contribution in [2.75, 3.05) is 11.9 Å². The maximum absolute atomic E-state index is 4.49. The van der Waals surface area contributed by atoms with Crippen molar-refractivity contribution in [1.82, 2.24) is 14.8 Å². The molecule has 1 aliphatic rings. The molecule has 0 aliphatic carbocycles. The number of aromatic nitrogens is 3. The average Bonchev–Trinajstić information content (AvgIpc) is 2.41. The van der Waals surface area contributed by atoms with Crippen molar-refractivity contribution in [2.24, 2.45) is 7.05 Å². The van der Waals surface area contributed by atoms with Crippen molar-refractivity contribution in [3.05, 3.63) is 18.0 Å². The molecule has 0 radical (unpaired) electrons. The molecule has 0 fully saturated rings. The van der Waals surface area contributed by atoms with Gasteiger partial charge in [0.05, 0.1) is 11.1 Å². The van der Waals surface area contributed by atoms with Crippen LogP contribution in [0.15, 0.2) is 12.3 Å². The smallest absolute Gasteiger partial charge is 0.159 e. The molecule has 0 spiro atoms. The van der Waals surface area contributed by atoms with Crippen molar-refractivity contribution < 1.29 is 0 Å². The number of hydrogen-bond acceptors (Lipinski definition) is 3. The Bertz CT molecular complexity index is 486. The summed E-state index contributed by atoms with van der Waals surface area (Å²) in [5.41, 5.74) is 3.33. The van der Waals surface area contributed by atoms with Gasteiger partial charge in [-0.15, -0.1) is 0 Å². The molecule has 2 aromatic rings. The lowest BCUT2D eigenvalue weighted by molar-refractivity contribution is 0.740. The van der Waals surface area contributed by atoms with Gasteiger partial charge in [-0.3, -0.25) is 4.68 Å². The van der Waals surface area contributed by atoms with E-state index in [1.807, 2.05) is 24.0 Å². The minimum Gasteiger partial charge on any atom is -0.384 e. The van der Waals surface area contributed by atoms with Crippen molar-refractivity contribution in [2.45, 2.75) is 12.8 Å². The molecule has 4 nitrogen and oxygen atoms in total. The number of nitrogens with one attached hydrogen (secondary N) is 1. The van der Waals surface area contributed by atoms with Crippen LogP contribution in [0.4, 0.5) is 5.69 Å². The molecule has 0 saturated carbocycles. The van der Waals surface area contributed by atoms with Crippen LogP contribution >= 0.6 is 0 Å². The van der Waals surface area contributed by atoms with Gasteiger partial charge in [-0.05, 0) is 18.9 Å². The van der Waals surface area contributed by atoms with E-state index in [1.54, 1.807) is 0 Å². The van der Waals surface area contributed by atoms with Crippen molar-refractivity contribution in [3.63, 3.8) is 0 Å². The summed E-state index contributed by atoms with van der Waals surface area (Å²) in [4.78, 5) is 4.35. The lowest BCUT2D eigenvalue weighted by Crippen LogP contribution is -2.01. The number of anilines is 1. The van der Waals surface area contributed by atoms with Crippen LogP contribution in [-0.2, 0) is 13.5 Å². The van der Waals surface area contributed by atoms with Crippen LogP contribution in [0.25, 0.3) is 11.0 Å². The predicted molar refractivity (Wildman–Crippen MR) is 55.3 cm³/mol. The highest BCUT2D eigenvalue weighted by molar-refractivity contribution is 5.91. The Labute approximate surface area is 81.9 Å². The molecule has 1 N–H and O–H groups in total. The fourth-order valence-electron chi connectivity index (χ4n) is 2.06. The zero-order chi connectivity index (χ0) is 9.54. The molecule has 3 rings (SSSR count). The monoisotopic (exact) mass is 188 g/mol. The lowest BCUT2D eigenvalue weighted by atomic mass is 10.2. The van der Waals surface area contributed by atoms with Gasteiger partial charge in [0.2, 0.25) is 0 Å². The molecule has 1 aliphatic heterocycles. The molecule has 0 saturated heterocycles. The van der Waals surface area contributed by atoms with Gasteiger partial charge in [0, 0.05) is 25.5 Å². The van der Waals surface area contributed by atoms with E-state index in [9.17, 15) is 0 Å². The van der Waals surface area contributed by atoms with Crippen LogP contribution in [0.2, 0.25) is 0 Å². The molecular formula is C10H12N4. The first-order valence-electron chi connectivity index (χ1n) is 4.91. The van der Waals surface area contributed by atoms with Gasteiger partial charge in [-0.2, -0.15) is 5.10 Å². The van der Waals surface area contributed by atoms with E-state index >= 15 is 0 Å². The normalized spacial score (nSPS) is 15.2. The third-order valence-electron chi connectivity index (χ3n) is 2.70. The summed E-state index contributed by atoms with van der Waals surface area (Å²) in [6.45, 7) is 1.03. The molecule has 2 aromatic heterocycles. The Kier molecular flexibility index (Phi) is 1.50. The minimum atomic E-state index is 0.979. The van der Waals surface area contributed by atoms with Crippen molar-refractivity contribution in [3.8, 4) is 0 Å². The Morgan fingerprint density at radius 1 is 1.50 bits per heavy atom. The highest BCUT2D eigenvalue weighted by Gasteiger charge is 2.15. The Balaban J connectivity index is 2.42. The molecule has 0 aromatic carbocycles. The molecule has 3 heterocycles. The lowest BCUT2D eigenvalue weighted by Gasteiger charge is -2.03. The van der Waals surface area contributed by atoms with Crippen LogP contribution in [0.3, 0.4) is 0 Å². The summed E-state index contributed by atoms with van der Waals surface area (Å²) in [5.74, 6) is 0. The number of nitrogens with zero attached hydrogens (tertiary/aromatic N) is 3. The van der Waals surface area contributed by atoms with E-state index in [2.05, 4.69) is 15.4 Å². The Morgan fingerprint density at radius 2 is 2.43 bits per heavy atom. The highest BCUT2D eigenvalue weighted by atomic mass is 15.3. The highest BCUT2D eigenvalue weighted by Crippen LogP contribution is 2.27. The van der Waals surface area contributed by atoms with Crippen LogP contribution in [-0.4, -0.2) is 21.3 Å². The van der Waals surface area contributed by atoms with E-state index in [0.29, 0.717) is 0 Å². The maximum Gasteiger partial charge on any atom is 0.159 e. The average molecular weight is 188 g/mol. The summed E-state index contributed by atoms with van der Waals surface area (Å²) in [6, 6.07) is 2.03. The van der Waals surface area contributed by atoms with E-state index in [1.165, 1.54) is 16.8 Å². The van der Waals surface area contributed by atoms with Gasteiger partial charge in [-0.25, -0.2) is 4.98 Å². The molecule has 14 heavy (non-hydrogen) atoms. The summed E-state index contributed by atoms with van der Waals surface area (Å²) in [7, 11) is 1.95. The first kappa shape index (κ1) is 7.79. The summed E-state index contributed by atoms with van der Waals surface area (Å²) in [6.07, 6.45) is 4.02. The molecule has 0 unspecified atom stereocenters. The largest absolute Gasteiger partial charge is 0.384 e. The number of hydrogen-bond donors (Lipinski definition) is 1. The second-order valence-electron chi connectivity index (χ2n) is 3.66. The Hall–Kier alpha value is -1.58. The van der Waals surface area contributed by atoms with Crippen LogP contribution in [0.1, 0.15) is 12.1 Å². The van der Waals surface area contributed by atoms with Gasteiger partial charge in [0.15, 0.2) is 5.65 Å². The maximum atomic E-state index is 4.49. The molecule has 0 bridgehead atoms. The molecule has 0 amide bonds. The topological polar surface area (TPSA) is 42.7 Å².